The Kier molecular flexibility index (Phi) is 6.43. The van der Waals surface area contributed by atoms with E-state index >= 15 is 0 Å². The van der Waals surface area contributed by atoms with Crippen LogP contribution in [0.15, 0.2) is 48.5 Å². The molecule has 1 unspecified atom stereocenters. The van der Waals surface area contributed by atoms with E-state index in [9.17, 15) is 22.7 Å². The quantitative estimate of drug-likeness (QED) is 0.714. The lowest BCUT2D eigenvalue weighted by atomic mass is 10.0. The predicted octanol–water partition coefficient (Wildman–Crippen LogP) is 4.56. The largest absolute Gasteiger partial charge is 0.431 e. The van der Waals surface area contributed by atoms with Gasteiger partial charge >= 0.3 is 13.2 Å². The van der Waals surface area contributed by atoms with Gasteiger partial charge in [0.25, 0.3) is 0 Å². The second-order valence-corrected chi connectivity index (χ2v) is 5.00. The molecule has 0 radical (unpaired) electrons. The Labute approximate surface area is 136 Å². The van der Waals surface area contributed by atoms with E-state index in [1.807, 2.05) is 30.3 Å². The number of hydrogen-bond acceptors (Lipinski definition) is 3. The van der Waals surface area contributed by atoms with Gasteiger partial charge in [-0.15, -0.1) is 0 Å². The first kappa shape index (κ1) is 18.1. The summed E-state index contributed by atoms with van der Waals surface area (Å²) in [5.41, 5.74) is 1.29. The van der Waals surface area contributed by atoms with Gasteiger partial charge in [0, 0.05) is 0 Å². The maximum Gasteiger partial charge on any atom is 0.387 e. The summed E-state index contributed by atoms with van der Waals surface area (Å²) in [6, 6.07) is 12.9. The van der Waals surface area contributed by atoms with Crippen molar-refractivity contribution in [2.24, 2.45) is 0 Å². The van der Waals surface area contributed by atoms with Crippen molar-refractivity contribution in [3.63, 3.8) is 0 Å². The normalized spacial score (nSPS) is 12.5. The van der Waals surface area contributed by atoms with E-state index in [1.165, 1.54) is 6.07 Å². The summed E-state index contributed by atoms with van der Waals surface area (Å²) >= 11 is 0. The van der Waals surface area contributed by atoms with E-state index < -0.39 is 30.8 Å². The van der Waals surface area contributed by atoms with Crippen LogP contribution in [0.25, 0.3) is 0 Å². The summed E-state index contributed by atoms with van der Waals surface area (Å²) < 4.78 is 57.7. The molecular formula is C17H16F4O3. The van der Waals surface area contributed by atoms with E-state index in [2.05, 4.69) is 9.47 Å². The van der Waals surface area contributed by atoms with Crippen molar-refractivity contribution < 1.29 is 32.1 Å². The first-order valence-corrected chi connectivity index (χ1v) is 7.21. The van der Waals surface area contributed by atoms with Gasteiger partial charge in [-0.05, 0) is 36.1 Å². The molecule has 24 heavy (non-hydrogen) atoms. The topological polar surface area (TPSA) is 38.7 Å². The fourth-order valence-corrected chi connectivity index (χ4v) is 2.23. The van der Waals surface area contributed by atoms with Crippen molar-refractivity contribution in [3.05, 3.63) is 59.7 Å². The highest BCUT2D eigenvalue weighted by Crippen LogP contribution is 2.33. The van der Waals surface area contributed by atoms with Gasteiger partial charge in [0.15, 0.2) is 11.5 Å². The van der Waals surface area contributed by atoms with Crippen LogP contribution in [0, 0.1) is 0 Å². The molecule has 0 aliphatic rings. The number of alkyl halides is 4. The number of halogens is 4. The lowest BCUT2D eigenvalue weighted by Crippen LogP contribution is -2.09. The average molecular weight is 344 g/mol. The molecule has 0 saturated carbocycles. The molecule has 1 N–H and O–H groups in total. The zero-order chi connectivity index (χ0) is 17.5. The smallest absolute Gasteiger partial charge is 0.387 e. The molecule has 1 atom stereocenters. The van der Waals surface area contributed by atoms with Crippen LogP contribution in [0.2, 0.25) is 0 Å². The van der Waals surface area contributed by atoms with Gasteiger partial charge < -0.3 is 14.6 Å². The Balaban J connectivity index is 2.10. The van der Waals surface area contributed by atoms with Gasteiger partial charge in [0.1, 0.15) is 0 Å². The van der Waals surface area contributed by atoms with Crippen LogP contribution in [0.4, 0.5) is 17.6 Å². The van der Waals surface area contributed by atoms with Crippen LogP contribution in [-0.2, 0) is 6.42 Å². The molecule has 0 amide bonds. The maximum atomic E-state index is 12.4. The number of ether oxygens (including phenoxy) is 2. The van der Waals surface area contributed by atoms with Crippen LogP contribution in [0.1, 0.15) is 23.7 Å². The molecule has 2 aromatic carbocycles. The maximum absolute atomic E-state index is 12.4. The minimum Gasteiger partial charge on any atom is -0.431 e. The second-order valence-electron chi connectivity index (χ2n) is 5.00. The highest BCUT2D eigenvalue weighted by Gasteiger charge is 2.17. The van der Waals surface area contributed by atoms with Crippen LogP contribution in [0.5, 0.6) is 11.5 Å². The second kappa shape index (κ2) is 8.54. The van der Waals surface area contributed by atoms with Crippen molar-refractivity contribution in [2.45, 2.75) is 32.2 Å². The zero-order valence-corrected chi connectivity index (χ0v) is 12.5. The number of aliphatic hydroxyl groups excluding tert-OH is 1. The van der Waals surface area contributed by atoms with Gasteiger partial charge in [0.2, 0.25) is 0 Å². The van der Waals surface area contributed by atoms with E-state index in [1.54, 1.807) is 0 Å². The third kappa shape index (κ3) is 5.42. The van der Waals surface area contributed by atoms with Crippen LogP contribution in [-0.4, -0.2) is 18.3 Å². The lowest BCUT2D eigenvalue weighted by molar-refractivity contribution is -0.0693. The molecule has 2 rings (SSSR count). The number of benzene rings is 2. The van der Waals surface area contributed by atoms with Crippen LogP contribution < -0.4 is 9.47 Å². The molecule has 0 bridgehead atoms. The predicted molar refractivity (Wildman–Crippen MR) is 79.4 cm³/mol. The first-order valence-electron chi connectivity index (χ1n) is 7.21. The van der Waals surface area contributed by atoms with E-state index in [-0.39, 0.29) is 5.56 Å². The van der Waals surface area contributed by atoms with Crippen molar-refractivity contribution in [1.29, 1.82) is 0 Å². The average Bonchev–Trinajstić information content (AvgIpc) is 2.54. The molecule has 3 nitrogen and oxygen atoms in total. The molecule has 7 heteroatoms. The summed E-state index contributed by atoms with van der Waals surface area (Å²) in [6.45, 7) is -6.36. The van der Waals surface area contributed by atoms with E-state index in [0.29, 0.717) is 12.8 Å². The molecule has 0 saturated heterocycles. The van der Waals surface area contributed by atoms with Crippen LogP contribution >= 0.6 is 0 Å². The molecular weight excluding hydrogens is 328 g/mol. The van der Waals surface area contributed by atoms with Crippen molar-refractivity contribution in [1.82, 2.24) is 0 Å². The number of aryl methyl sites for hydroxylation is 1. The summed E-state index contributed by atoms with van der Waals surface area (Å²) in [5.74, 6) is -1.05. The highest BCUT2D eigenvalue weighted by atomic mass is 19.3. The SMILES string of the molecule is OC(CCc1ccccc1)c1ccc(OC(F)F)c(OC(F)F)c1. The third-order valence-corrected chi connectivity index (χ3v) is 3.33. The van der Waals surface area contributed by atoms with Crippen molar-refractivity contribution in [3.8, 4) is 11.5 Å². The Morgan fingerprint density at radius 1 is 0.833 bits per heavy atom. The van der Waals surface area contributed by atoms with Gasteiger partial charge in [-0.2, -0.15) is 17.6 Å². The van der Waals surface area contributed by atoms with E-state index in [0.717, 1.165) is 17.7 Å². The molecule has 130 valence electrons. The van der Waals surface area contributed by atoms with Gasteiger partial charge in [0.05, 0.1) is 6.10 Å². The Morgan fingerprint density at radius 3 is 2.08 bits per heavy atom. The molecule has 0 aliphatic carbocycles. The molecule has 0 spiro atoms. The molecule has 0 fully saturated rings. The summed E-state index contributed by atoms with van der Waals surface area (Å²) in [6.07, 6.45) is -0.0407. The summed E-state index contributed by atoms with van der Waals surface area (Å²) in [5, 5.41) is 10.2. The zero-order valence-electron chi connectivity index (χ0n) is 12.5. The monoisotopic (exact) mass is 344 g/mol. The minimum atomic E-state index is -3.19. The van der Waals surface area contributed by atoms with Gasteiger partial charge in [-0.25, -0.2) is 0 Å². The summed E-state index contributed by atoms with van der Waals surface area (Å²) in [4.78, 5) is 0. The molecule has 0 aliphatic heterocycles. The number of rotatable bonds is 8. The fraction of sp³-hybridized carbons (Fsp3) is 0.294. The van der Waals surface area contributed by atoms with E-state index in [4.69, 9.17) is 0 Å². The lowest BCUT2D eigenvalue weighted by Gasteiger charge is -2.16. The molecule has 0 aromatic heterocycles. The van der Waals surface area contributed by atoms with Gasteiger partial charge in [-0.1, -0.05) is 36.4 Å². The third-order valence-electron chi connectivity index (χ3n) is 3.33. The van der Waals surface area contributed by atoms with Crippen molar-refractivity contribution >= 4 is 0 Å². The fourth-order valence-electron chi connectivity index (χ4n) is 2.23. The molecule has 0 heterocycles. The Bertz CT molecular complexity index is 635. The minimum absolute atomic E-state index is 0.281. The molecule has 2 aromatic rings. The number of aliphatic hydroxyl groups is 1. The Morgan fingerprint density at radius 2 is 1.46 bits per heavy atom. The Hall–Kier alpha value is -2.28. The number of hydrogen-bond donors (Lipinski definition) is 1. The summed E-state index contributed by atoms with van der Waals surface area (Å²) in [7, 11) is 0. The van der Waals surface area contributed by atoms with Gasteiger partial charge in [-0.3, -0.25) is 0 Å². The first-order chi connectivity index (χ1) is 11.5. The van der Waals surface area contributed by atoms with Crippen molar-refractivity contribution in [2.75, 3.05) is 0 Å². The highest BCUT2D eigenvalue weighted by molar-refractivity contribution is 5.43. The standard InChI is InChI=1S/C17H16F4O3/c18-16(19)23-14-9-7-12(10-15(14)24-17(20)21)13(22)8-6-11-4-2-1-3-5-11/h1-5,7,9-10,13,16-17,22H,6,8H2. The van der Waals surface area contributed by atoms with Crippen LogP contribution in [0.3, 0.4) is 0 Å².